The number of piperazine rings is 1. The van der Waals surface area contributed by atoms with Gasteiger partial charge in [0.1, 0.15) is 11.9 Å². The van der Waals surface area contributed by atoms with E-state index in [9.17, 15) is 30.8 Å². The lowest BCUT2D eigenvalue weighted by Crippen LogP contribution is -2.59. The SMILES string of the molecule is Cn1c(-c2ccc(F)cc2)cc2ccc(S(=O)(=O)N[C@H]3CC[C@H](C(=O)N4CCNC(C(F)(F)F)C4)CC3)cc21. The molecule has 2 aliphatic rings. The lowest BCUT2D eigenvalue weighted by atomic mass is 9.85. The summed E-state index contributed by atoms with van der Waals surface area (Å²) in [5, 5.41) is 3.25. The quantitative estimate of drug-likeness (QED) is 0.454. The third-order valence-corrected chi connectivity index (χ3v) is 9.27. The van der Waals surface area contributed by atoms with Crippen molar-refractivity contribution in [2.24, 2.45) is 13.0 Å². The molecule has 1 atom stereocenters. The smallest absolute Gasteiger partial charge is 0.344 e. The van der Waals surface area contributed by atoms with Crippen molar-refractivity contribution in [3.8, 4) is 11.3 Å². The Kier molecular flexibility index (Phi) is 7.47. The normalized spacial score (nSPS) is 22.8. The Hall–Kier alpha value is -2.96. The van der Waals surface area contributed by atoms with Crippen LogP contribution in [0.15, 0.2) is 53.4 Å². The summed E-state index contributed by atoms with van der Waals surface area (Å²) in [5.74, 6) is -1.05. The molecule has 39 heavy (non-hydrogen) atoms. The van der Waals surface area contributed by atoms with Gasteiger partial charge in [0.15, 0.2) is 0 Å². The predicted octanol–water partition coefficient (Wildman–Crippen LogP) is 4.18. The lowest BCUT2D eigenvalue weighted by molar-refractivity contribution is -0.169. The van der Waals surface area contributed by atoms with E-state index < -0.39 is 34.7 Å². The van der Waals surface area contributed by atoms with Crippen LogP contribution in [0.1, 0.15) is 25.7 Å². The Morgan fingerprint density at radius 3 is 2.38 bits per heavy atom. The number of rotatable bonds is 5. The number of carbonyl (C=O) groups excluding carboxylic acids is 1. The molecular weight excluding hydrogens is 536 g/mol. The molecule has 3 aromatic rings. The zero-order valence-electron chi connectivity index (χ0n) is 21.3. The average Bonchev–Trinajstić information content (AvgIpc) is 3.24. The summed E-state index contributed by atoms with van der Waals surface area (Å²) >= 11 is 0. The minimum Gasteiger partial charge on any atom is -0.344 e. The molecule has 2 fully saturated rings. The van der Waals surface area contributed by atoms with Crippen LogP contribution in [0, 0.1) is 11.7 Å². The van der Waals surface area contributed by atoms with Gasteiger partial charge in [-0.3, -0.25) is 4.79 Å². The van der Waals surface area contributed by atoms with Crippen LogP contribution in [0.3, 0.4) is 0 Å². The number of hydrogen-bond acceptors (Lipinski definition) is 4. The summed E-state index contributed by atoms with van der Waals surface area (Å²) in [6, 6.07) is 10.8. The van der Waals surface area contributed by atoms with Crippen LogP contribution in [-0.4, -0.2) is 61.7 Å². The van der Waals surface area contributed by atoms with Gasteiger partial charge in [0.25, 0.3) is 0 Å². The van der Waals surface area contributed by atoms with Crippen LogP contribution < -0.4 is 10.0 Å². The standard InChI is InChI=1S/C27H30F4N4O3S/c1-34-23(17-2-7-20(28)8-3-17)14-19-6-11-22(15-24(19)34)39(37,38)33-21-9-4-18(5-10-21)26(36)35-13-12-32-25(16-35)27(29,30)31/h2-3,6-8,11,14-15,18,21,25,32-33H,4-5,9-10,12-13,16H2,1H3/t18-,21-,25?. The van der Waals surface area contributed by atoms with Crippen molar-refractivity contribution < 1.29 is 30.8 Å². The van der Waals surface area contributed by atoms with Crippen molar-refractivity contribution in [2.45, 2.75) is 48.8 Å². The number of hydrogen-bond donors (Lipinski definition) is 2. The van der Waals surface area contributed by atoms with Crippen LogP contribution in [0.4, 0.5) is 17.6 Å². The van der Waals surface area contributed by atoms with Crippen LogP contribution in [0.25, 0.3) is 22.2 Å². The van der Waals surface area contributed by atoms with E-state index in [1.54, 1.807) is 24.3 Å². The zero-order valence-corrected chi connectivity index (χ0v) is 22.2. The molecule has 2 N–H and O–H groups in total. The van der Waals surface area contributed by atoms with Crippen molar-refractivity contribution in [1.82, 2.24) is 19.5 Å². The molecular formula is C27H30F4N4O3S. The molecule has 210 valence electrons. The molecule has 1 aromatic heterocycles. The number of aryl methyl sites for hydroxylation is 1. The molecule has 5 rings (SSSR count). The van der Waals surface area contributed by atoms with E-state index in [0.29, 0.717) is 31.2 Å². The maximum Gasteiger partial charge on any atom is 0.405 e. The summed E-state index contributed by atoms with van der Waals surface area (Å²) < 4.78 is 83.6. The summed E-state index contributed by atoms with van der Waals surface area (Å²) in [7, 11) is -2.03. The summed E-state index contributed by atoms with van der Waals surface area (Å²) in [6.07, 6.45) is -2.76. The molecule has 12 heteroatoms. The molecule has 0 spiro atoms. The summed E-state index contributed by atoms with van der Waals surface area (Å²) in [5.41, 5.74) is 2.33. The highest BCUT2D eigenvalue weighted by Gasteiger charge is 2.43. The number of nitrogens with zero attached hydrogens (tertiary/aromatic N) is 2. The third kappa shape index (κ3) is 5.82. The Balaban J connectivity index is 1.23. The fraction of sp³-hybridized carbons (Fsp3) is 0.444. The second kappa shape index (κ2) is 10.5. The van der Waals surface area contributed by atoms with Gasteiger partial charge in [-0.15, -0.1) is 0 Å². The monoisotopic (exact) mass is 566 g/mol. The van der Waals surface area contributed by atoms with Crippen LogP contribution >= 0.6 is 0 Å². The number of benzene rings is 2. The first-order chi connectivity index (χ1) is 18.4. The van der Waals surface area contributed by atoms with Crippen LogP contribution in [0.5, 0.6) is 0 Å². The van der Waals surface area contributed by atoms with E-state index in [2.05, 4.69) is 10.0 Å². The van der Waals surface area contributed by atoms with Gasteiger partial charge < -0.3 is 14.8 Å². The second-order valence-electron chi connectivity index (χ2n) is 10.3. The molecule has 2 heterocycles. The molecule has 1 saturated carbocycles. The van der Waals surface area contributed by atoms with Gasteiger partial charge in [-0.1, -0.05) is 6.07 Å². The molecule has 0 bridgehead atoms. The number of fused-ring (bicyclic) bond motifs is 1. The lowest BCUT2D eigenvalue weighted by Gasteiger charge is -2.38. The first kappa shape index (κ1) is 27.6. The number of nitrogens with one attached hydrogen (secondary N) is 2. The number of aromatic nitrogens is 1. The van der Waals surface area contributed by atoms with Crippen LogP contribution in [0.2, 0.25) is 0 Å². The Morgan fingerprint density at radius 2 is 1.72 bits per heavy atom. The molecule has 0 radical (unpaired) electrons. The van der Waals surface area contributed by atoms with Gasteiger partial charge >= 0.3 is 6.18 Å². The molecule has 2 aromatic carbocycles. The van der Waals surface area contributed by atoms with Gasteiger partial charge in [-0.2, -0.15) is 13.2 Å². The molecule has 1 amide bonds. The Morgan fingerprint density at radius 1 is 1.03 bits per heavy atom. The molecule has 1 unspecified atom stereocenters. The minimum atomic E-state index is -4.42. The van der Waals surface area contributed by atoms with Crippen molar-refractivity contribution >= 4 is 26.8 Å². The Bertz CT molecular complexity index is 1460. The van der Waals surface area contributed by atoms with Gasteiger partial charge in [-0.05, 0) is 73.7 Å². The Labute approximate surface area is 224 Å². The van der Waals surface area contributed by atoms with Crippen LogP contribution in [-0.2, 0) is 21.9 Å². The van der Waals surface area contributed by atoms with E-state index >= 15 is 0 Å². The number of carbonyl (C=O) groups is 1. The minimum absolute atomic E-state index is 0.0853. The fourth-order valence-electron chi connectivity index (χ4n) is 5.55. The number of halogens is 4. The first-order valence-electron chi connectivity index (χ1n) is 12.9. The fourth-order valence-corrected chi connectivity index (χ4v) is 6.87. The van der Waals surface area contributed by atoms with E-state index in [-0.39, 0.29) is 35.8 Å². The van der Waals surface area contributed by atoms with Crippen molar-refractivity contribution in [2.75, 3.05) is 19.6 Å². The van der Waals surface area contributed by atoms with Gasteiger partial charge in [0.2, 0.25) is 15.9 Å². The van der Waals surface area contributed by atoms with E-state index in [4.69, 9.17) is 0 Å². The molecule has 7 nitrogen and oxygen atoms in total. The highest BCUT2D eigenvalue weighted by atomic mass is 32.2. The zero-order chi connectivity index (χ0) is 27.9. The van der Waals surface area contributed by atoms with Gasteiger partial charge in [-0.25, -0.2) is 17.5 Å². The van der Waals surface area contributed by atoms with E-state index in [1.807, 2.05) is 17.7 Å². The molecule has 1 saturated heterocycles. The van der Waals surface area contributed by atoms with E-state index in [1.165, 1.54) is 23.1 Å². The number of alkyl halides is 3. The highest BCUT2D eigenvalue weighted by molar-refractivity contribution is 7.89. The summed E-state index contributed by atoms with van der Waals surface area (Å²) in [6.45, 7) is -0.0934. The topological polar surface area (TPSA) is 83.4 Å². The van der Waals surface area contributed by atoms with Crippen molar-refractivity contribution in [3.63, 3.8) is 0 Å². The maximum absolute atomic E-state index is 13.3. The van der Waals surface area contributed by atoms with Crippen molar-refractivity contribution in [3.05, 3.63) is 54.3 Å². The third-order valence-electron chi connectivity index (χ3n) is 7.75. The van der Waals surface area contributed by atoms with Gasteiger partial charge in [0, 0.05) is 55.2 Å². The van der Waals surface area contributed by atoms with Crippen molar-refractivity contribution in [1.29, 1.82) is 0 Å². The summed E-state index contributed by atoms with van der Waals surface area (Å²) in [4.78, 5) is 14.3. The predicted molar refractivity (Wildman–Crippen MR) is 139 cm³/mol. The molecule has 1 aliphatic heterocycles. The average molecular weight is 567 g/mol. The number of sulfonamides is 1. The maximum atomic E-state index is 13.3. The van der Waals surface area contributed by atoms with Gasteiger partial charge in [0.05, 0.1) is 4.90 Å². The molecule has 1 aliphatic carbocycles. The highest BCUT2D eigenvalue weighted by Crippen LogP contribution is 2.31. The number of amides is 1. The second-order valence-corrected chi connectivity index (χ2v) is 12.0. The first-order valence-corrected chi connectivity index (χ1v) is 14.4. The largest absolute Gasteiger partial charge is 0.405 e. The van der Waals surface area contributed by atoms with E-state index in [0.717, 1.165) is 16.6 Å².